The minimum Gasteiger partial charge on any atom is -0.236 e. The molecule has 1 nitrogen and oxygen atoms in total. The Morgan fingerprint density at radius 1 is 0.739 bits per heavy atom. The standard InChI is InChI=1S/C21H15NS/c1-3-9-16(10-4-1)15-18(17-11-5-2-6-12-17)21-22-19-13-7-8-14-20(19)23-21/h1-15H/b18-15-. The van der Waals surface area contributed by atoms with E-state index in [0.29, 0.717) is 0 Å². The molecule has 0 saturated heterocycles. The van der Waals surface area contributed by atoms with Gasteiger partial charge in [-0.1, -0.05) is 72.8 Å². The molecule has 4 rings (SSSR count). The summed E-state index contributed by atoms with van der Waals surface area (Å²) in [6, 6.07) is 29.2. The van der Waals surface area contributed by atoms with E-state index in [1.807, 2.05) is 18.2 Å². The van der Waals surface area contributed by atoms with Gasteiger partial charge in [-0.15, -0.1) is 11.3 Å². The van der Waals surface area contributed by atoms with Crippen LogP contribution in [-0.4, -0.2) is 4.98 Å². The molecule has 0 fully saturated rings. The Labute approximate surface area is 139 Å². The van der Waals surface area contributed by atoms with Crippen molar-refractivity contribution in [1.82, 2.24) is 4.98 Å². The second-order valence-electron chi connectivity index (χ2n) is 5.32. The Morgan fingerprint density at radius 3 is 2.13 bits per heavy atom. The molecule has 110 valence electrons. The zero-order valence-electron chi connectivity index (χ0n) is 12.5. The molecule has 4 aromatic rings. The molecule has 0 aliphatic heterocycles. The first kappa shape index (κ1) is 13.9. The molecule has 23 heavy (non-hydrogen) atoms. The predicted molar refractivity (Wildman–Crippen MR) is 99.5 cm³/mol. The Morgan fingerprint density at radius 2 is 1.39 bits per heavy atom. The van der Waals surface area contributed by atoms with Gasteiger partial charge in [0.25, 0.3) is 0 Å². The van der Waals surface area contributed by atoms with E-state index in [1.165, 1.54) is 15.8 Å². The van der Waals surface area contributed by atoms with E-state index in [2.05, 4.69) is 72.8 Å². The molecule has 3 aromatic carbocycles. The van der Waals surface area contributed by atoms with E-state index < -0.39 is 0 Å². The van der Waals surface area contributed by atoms with Gasteiger partial charge < -0.3 is 0 Å². The quantitative estimate of drug-likeness (QED) is 0.430. The third-order valence-corrected chi connectivity index (χ3v) is 4.79. The highest BCUT2D eigenvalue weighted by Crippen LogP contribution is 2.32. The maximum atomic E-state index is 4.84. The van der Waals surface area contributed by atoms with Crippen LogP contribution in [0.1, 0.15) is 16.1 Å². The normalized spacial score (nSPS) is 11.7. The lowest BCUT2D eigenvalue weighted by Crippen LogP contribution is -1.87. The lowest BCUT2D eigenvalue weighted by Gasteiger charge is -2.05. The highest BCUT2D eigenvalue weighted by molar-refractivity contribution is 7.19. The van der Waals surface area contributed by atoms with Crippen LogP contribution in [0.4, 0.5) is 0 Å². The maximum absolute atomic E-state index is 4.84. The van der Waals surface area contributed by atoms with Crippen LogP contribution < -0.4 is 0 Å². The van der Waals surface area contributed by atoms with Crippen molar-refractivity contribution in [2.75, 3.05) is 0 Å². The summed E-state index contributed by atoms with van der Waals surface area (Å²) < 4.78 is 1.22. The number of aromatic nitrogens is 1. The Kier molecular flexibility index (Phi) is 3.75. The maximum Gasteiger partial charge on any atom is 0.125 e. The molecular formula is C21H15NS. The van der Waals surface area contributed by atoms with Crippen LogP contribution in [0.25, 0.3) is 21.9 Å². The van der Waals surface area contributed by atoms with E-state index >= 15 is 0 Å². The van der Waals surface area contributed by atoms with Crippen LogP contribution in [0.5, 0.6) is 0 Å². The van der Waals surface area contributed by atoms with Gasteiger partial charge in [-0.25, -0.2) is 4.98 Å². The van der Waals surface area contributed by atoms with Crippen LogP contribution in [0, 0.1) is 0 Å². The molecule has 0 atom stereocenters. The first-order chi connectivity index (χ1) is 11.4. The lowest BCUT2D eigenvalue weighted by atomic mass is 10.0. The van der Waals surface area contributed by atoms with Crippen molar-refractivity contribution in [3.05, 3.63) is 101 Å². The molecule has 0 amide bonds. The number of hydrogen-bond acceptors (Lipinski definition) is 2. The Balaban J connectivity index is 1.90. The van der Waals surface area contributed by atoms with Gasteiger partial charge in [0.1, 0.15) is 5.01 Å². The second-order valence-corrected chi connectivity index (χ2v) is 6.35. The monoisotopic (exact) mass is 313 g/mol. The number of nitrogens with zero attached hydrogens (tertiary/aromatic N) is 1. The third kappa shape index (κ3) is 2.94. The van der Waals surface area contributed by atoms with Crippen molar-refractivity contribution in [3.8, 4) is 0 Å². The summed E-state index contributed by atoms with van der Waals surface area (Å²) in [6.07, 6.45) is 2.22. The van der Waals surface area contributed by atoms with Crippen molar-refractivity contribution in [1.29, 1.82) is 0 Å². The van der Waals surface area contributed by atoms with Crippen LogP contribution in [0.3, 0.4) is 0 Å². The molecular weight excluding hydrogens is 298 g/mol. The molecule has 0 N–H and O–H groups in total. The summed E-state index contributed by atoms with van der Waals surface area (Å²) in [7, 11) is 0. The van der Waals surface area contributed by atoms with Crippen molar-refractivity contribution >= 4 is 33.2 Å². The van der Waals surface area contributed by atoms with Gasteiger partial charge in [0.15, 0.2) is 0 Å². The molecule has 0 bridgehead atoms. The molecule has 0 aliphatic rings. The summed E-state index contributed by atoms with van der Waals surface area (Å²) in [5.41, 5.74) is 4.60. The second kappa shape index (κ2) is 6.19. The van der Waals surface area contributed by atoms with E-state index in [-0.39, 0.29) is 0 Å². The molecule has 0 unspecified atom stereocenters. The molecule has 2 heteroatoms. The molecule has 0 radical (unpaired) electrons. The summed E-state index contributed by atoms with van der Waals surface area (Å²) >= 11 is 1.74. The molecule has 0 spiro atoms. The minimum absolute atomic E-state index is 1.06. The number of hydrogen-bond donors (Lipinski definition) is 0. The summed E-state index contributed by atoms with van der Waals surface area (Å²) in [6.45, 7) is 0. The Bertz CT molecular complexity index is 920. The number of rotatable bonds is 3. The van der Waals surface area contributed by atoms with Gasteiger partial charge in [-0.3, -0.25) is 0 Å². The van der Waals surface area contributed by atoms with Crippen molar-refractivity contribution in [2.45, 2.75) is 0 Å². The average Bonchev–Trinajstić information content (AvgIpc) is 3.05. The fourth-order valence-electron chi connectivity index (χ4n) is 2.59. The van der Waals surface area contributed by atoms with Gasteiger partial charge in [0, 0.05) is 5.57 Å². The predicted octanol–water partition coefficient (Wildman–Crippen LogP) is 5.89. The van der Waals surface area contributed by atoms with Crippen LogP contribution >= 0.6 is 11.3 Å². The third-order valence-electron chi connectivity index (χ3n) is 3.72. The lowest BCUT2D eigenvalue weighted by molar-refractivity contribution is 1.43. The van der Waals surface area contributed by atoms with Gasteiger partial charge in [-0.2, -0.15) is 0 Å². The molecule has 1 heterocycles. The topological polar surface area (TPSA) is 12.9 Å². The number of para-hydroxylation sites is 1. The molecule has 1 aromatic heterocycles. The number of thiazole rings is 1. The van der Waals surface area contributed by atoms with Gasteiger partial charge in [0.2, 0.25) is 0 Å². The first-order valence-electron chi connectivity index (χ1n) is 7.58. The smallest absolute Gasteiger partial charge is 0.125 e. The largest absolute Gasteiger partial charge is 0.236 e. The van der Waals surface area contributed by atoms with Crippen molar-refractivity contribution in [3.63, 3.8) is 0 Å². The van der Waals surface area contributed by atoms with Crippen LogP contribution in [0.15, 0.2) is 84.9 Å². The summed E-state index contributed by atoms with van der Waals surface area (Å²) in [5.74, 6) is 0. The van der Waals surface area contributed by atoms with Gasteiger partial charge in [-0.05, 0) is 29.3 Å². The zero-order chi connectivity index (χ0) is 15.5. The van der Waals surface area contributed by atoms with Crippen LogP contribution in [0.2, 0.25) is 0 Å². The van der Waals surface area contributed by atoms with Crippen molar-refractivity contribution in [2.24, 2.45) is 0 Å². The van der Waals surface area contributed by atoms with E-state index in [9.17, 15) is 0 Å². The van der Waals surface area contributed by atoms with E-state index in [0.717, 1.165) is 16.1 Å². The summed E-state index contributed by atoms with van der Waals surface area (Å²) in [5, 5.41) is 1.06. The fraction of sp³-hybridized carbons (Fsp3) is 0. The van der Waals surface area contributed by atoms with Crippen molar-refractivity contribution < 1.29 is 0 Å². The van der Waals surface area contributed by atoms with E-state index in [4.69, 9.17) is 4.98 Å². The first-order valence-corrected chi connectivity index (χ1v) is 8.40. The van der Waals surface area contributed by atoms with Gasteiger partial charge >= 0.3 is 0 Å². The molecule has 0 saturated carbocycles. The number of fused-ring (bicyclic) bond motifs is 1. The van der Waals surface area contributed by atoms with Crippen LogP contribution in [-0.2, 0) is 0 Å². The van der Waals surface area contributed by atoms with E-state index in [1.54, 1.807) is 11.3 Å². The average molecular weight is 313 g/mol. The molecule has 0 aliphatic carbocycles. The van der Waals surface area contributed by atoms with Gasteiger partial charge in [0.05, 0.1) is 10.2 Å². The minimum atomic E-state index is 1.06. The number of benzene rings is 3. The zero-order valence-corrected chi connectivity index (χ0v) is 13.3. The fourth-order valence-corrected chi connectivity index (χ4v) is 3.59. The Hall–Kier alpha value is -2.71. The SMILES string of the molecule is C(=C(\c1ccccc1)c1nc2ccccc2s1)/c1ccccc1. The highest BCUT2D eigenvalue weighted by atomic mass is 32.1. The highest BCUT2D eigenvalue weighted by Gasteiger charge is 2.11. The summed E-state index contributed by atoms with van der Waals surface area (Å²) in [4.78, 5) is 4.84.